The third kappa shape index (κ3) is 1.26. The van der Waals surface area contributed by atoms with Crippen LogP contribution in [0.25, 0.3) is 6.08 Å². The lowest BCUT2D eigenvalue weighted by atomic mass is 10.1. The molecule has 2 nitrogen and oxygen atoms in total. The van der Waals surface area contributed by atoms with Gasteiger partial charge >= 0.3 is 0 Å². The van der Waals surface area contributed by atoms with E-state index in [-0.39, 0.29) is 0 Å². The quantitative estimate of drug-likeness (QED) is 0.590. The van der Waals surface area contributed by atoms with Crippen LogP contribution in [0.5, 0.6) is 0 Å². The average molecular weight is 167 g/mol. The minimum absolute atomic E-state index is 0.468. The number of rotatable bonds is 0. The van der Waals surface area contributed by atoms with E-state index >= 15 is 0 Å². The summed E-state index contributed by atoms with van der Waals surface area (Å²) in [6, 6.07) is 0. The van der Waals surface area contributed by atoms with Gasteiger partial charge in [-0.2, -0.15) is 0 Å². The molecule has 1 aliphatic carbocycles. The molecular formula is C8H7ClN2. The van der Waals surface area contributed by atoms with Crippen molar-refractivity contribution in [2.24, 2.45) is 0 Å². The Hall–Kier alpha value is -0.890. The lowest BCUT2D eigenvalue weighted by Crippen LogP contribution is -2.00. The van der Waals surface area contributed by atoms with Gasteiger partial charge in [-0.3, -0.25) is 4.98 Å². The fraction of sp³-hybridized carbons (Fsp3) is 0.250. The average Bonchev–Trinajstić information content (AvgIpc) is 2.04. The number of hydrogen-bond acceptors (Lipinski definition) is 2. The number of halogens is 1. The largest absolute Gasteiger partial charge is 0.256 e. The van der Waals surface area contributed by atoms with Crippen molar-refractivity contribution in [1.29, 1.82) is 0 Å². The highest BCUT2D eigenvalue weighted by Gasteiger charge is 2.06. The standard InChI is InChI=1S/C8H7ClN2/c9-8-5-10-6-3-1-2-4-7(6)11-8/h2,4-5H,1,3H2. The molecule has 56 valence electrons. The second-order valence-corrected chi connectivity index (χ2v) is 2.85. The van der Waals surface area contributed by atoms with Gasteiger partial charge < -0.3 is 0 Å². The first kappa shape index (κ1) is 6.80. The molecule has 1 heterocycles. The van der Waals surface area contributed by atoms with Crippen molar-refractivity contribution in [1.82, 2.24) is 9.97 Å². The molecule has 0 N–H and O–H groups in total. The zero-order valence-electron chi connectivity index (χ0n) is 5.92. The first-order chi connectivity index (χ1) is 5.36. The van der Waals surface area contributed by atoms with Gasteiger partial charge in [-0.15, -0.1) is 0 Å². The van der Waals surface area contributed by atoms with Gasteiger partial charge in [0.1, 0.15) is 5.15 Å². The maximum atomic E-state index is 5.67. The highest BCUT2D eigenvalue weighted by molar-refractivity contribution is 6.29. The Morgan fingerprint density at radius 1 is 1.45 bits per heavy atom. The third-order valence-corrected chi connectivity index (χ3v) is 1.86. The molecule has 2 rings (SSSR count). The van der Waals surface area contributed by atoms with Crippen LogP contribution in [0.4, 0.5) is 0 Å². The van der Waals surface area contributed by atoms with Gasteiger partial charge in [0.05, 0.1) is 17.6 Å². The van der Waals surface area contributed by atoms with Crippen molar-refractivity contribution in [3.63, 3.8) is 0 Å². The Balaban J connectivity index is 2.54. The summed E-state index contributed by atoms with van der Waals surface area (Å²) in [5, 5.41) is 0.468. The second kappa shape index (κ2) is 2.62. The van der Waals surface area contributed by atoms with Gasteiger partial charge in [0.25, 0.3) is 0 Å². The maximum Gasteiger partial charge on any atom is 0.148 e. The molecule has 11 heavy (non-hydrogen) atoms. The minimum atomic E-state index is 0.468. The molecule has 0 aromatic carbocycles. The summed E-state index contributed by atoms with van der Waals surface area (Å²) < 4.78 is 0. The van der Waals surface area contributed by atoms with Crippen LogP contribution in [0.1, 0.15) is 17.8 Å². The van der Waals surface area contributed by atoms with Crippen molar-refractivity contribution in [3.8, 4) is 0 Å². The molecule has 0 spiro atoms. The molecule has 0 unspecified atom stereocenters. The molecule has 0 saturated heterocycles. The molecule has 0 atom stereocenters. The summed E-state index contributed by atoms with van der Waals surface area (Å²) in [5.41, 5.74) is 1.97. The Labute approximate surface area is 69.9 Å². The highest BCUT2D eigenvalue weighted by Crippen LogP contribution is 2.16. The van der Waals surface area contributed by atoms with Gasteiger partial charge in [0.15, 0.2) is 0 Å². The molecule has 1 aliphatic rings. The van der Waals surface area contributed by atoms with Crippen molar-refractivity contribution in [2.75, 3.05) is 0 Å². The van der Waals surface area contributed by atoms with E-state index in [2.05, 4.69) is 16.0 Å². The number of hydrogen-bond donors (Lipinski definition) is 0. The normalized spacial score (nSPS) is 14.6. The van der Waals surface area contributed by atoms with E-state index in [4.69, 9.17) is 11.6 Å². The molecule has 0 saturated carbocycles. The number of nitrogens with zero attached hydrogens (tertiary/aromatic N) is 2. The van der Waals surface area contributed by atoms with E-state index in [1.54, 1.807) is 6.20 Å². The number of fused-ring (bicyclic) bond motifs is 1. The lowest BCUT2D eigenvalue weighted by Gasteiger charge is -2.06. The number of aromatic nitrogens is 2. The van der Waals surface area contributed by atoms with Crippen LogP contribution in [0.3, 0.4) is 0 Å². The fourth-order valence-corrected chi connectivity index (χ4v) is 1.29. The molecule has 0 aliphatic heterocycles. The Bertz CT molecular complexity index is 307. The van der Waals surface area contributed by atoms with Crippen LogP contribution < -0.4 is 0 Å². The summed E-state index contributed by atoms with van der Waals surface area (Å²) in [6.07, 6.45) is 7.70. The SMILES string of the molecule is Clc1cnc2c(n1)C=CCC2. The summed E-state index contributed by atoms with van der Waals surface area (Å²) >= 11 is 5.67. The van der Waals surface area contributed by atoms with Crippen LogP contribution in [0.2, 0.25) is 5.15 Å². The lowest BCUT2D eigenvalue weighted by molar-refractivity contribution is 0.903. The van der Waals surface area contributed by atoms with E-state index in [9.17, 15) is 0 Å². The van der Waals surface area contributed by atoms with Gasteiger partial charge in [-0.1, -0.05) is 17.7 Å². The molecule has 0 bridgehead atoms. The smallest absolute Gasteiger partial charge is 0.148 e. The van der Waals surface area contributed by atoms with Crippen molar-refractivity contribution >= 4 is 17.7 Å². The van der Waals surface area contributed by atoms with E-state index in [0.29, 0.717) is 5.15 Å². The summed E-state index contributed by atoms with van der Waals surface area (Å²) in [6.45, 7) is 0. The highest BCUT2D eigenvalue weighted by atomic mass is 35.5. The number of aryl methyl sites for hydroxylation is 1. The van der Waals surface area contributed by atoms with Crippen LogP contribution in [-0.4, -0.2) is 9.97 Å². The molecule has 0 radical (unpaired) electrons. The Kier molecular flexibility index (Phi) is 1.62. The van der Waals surface area contributed by atoms with Crippen molar-refractivity contribution in [2.45, 2.75) is 12.8 Å². The summed E-state index contributed by atoms with van der Waals surface area (Å²) in [4.78, 5) is 8.30. The molecular weight excluding hydrogens is 160 g/mol. The van der Waals surface area contributed by atoms with Gasteiger partial charge in [-0.25, -0.2) is 4.98 Å². The van der Waals surface area contributed by atoms with Crippen LogP contribution >= 0.6 is 11.6 Å². The fourth-order valence-electron chi connectivity index (χ4n) is 1.15. The molecule has 0 amide bonds. The van der Waals surface area contributed by atoms with E-state index < -0.39 is 0 Å². The van der Waals surface area contributed by atoms with Gasteiger partial charge in [0, 0.05) is 0 Å². The van der Waals surface area contributed by atoms with Crippen LogP contribution in [0.15, 0.2) is 12.3 Å². The zero-order valence-corrected chi connectivity index (χ0v) is 6.67. The predicted octanol–water partition coefficient (Wildman–Crippen LogP) is 2.09. The first-order valence-electron chi connectivity index (χ1n) is 3.54. The Morgan fingerprint density at radius 2 is 2.36 bits per heavy atom. The molecule has 3 heteroatoms. The van der Waals surface area contributed by atoms with E-state index in [1.807, 2.05) is 6.08 Å². The Morgan fingerprint density at radius 3 is 3.27 bits per heavy atom. The van der Waals surface area contributed by atoms with Crippen LogP contribution in [-0.2, 0) is 6.42 Å². The molecule has 1 aromatic rings. The summed E-state index contributed by atoms with van der Waals surface area (Å²) in [5.74, 6) is 0. The third-order valence-electron chi connectivity index (χ3n) is 1.67. The molecule has 0 fully saturated rings. The van der Waals surface area contributed by atoms with Crippen molar-refractivity contribution in [3.05, 3.63) is 28.8 Å². The van der Waals surface area contributed by atoms with Crippen LogP contribution in [0, 0.1) is 0 Å². The zero-order chi connectivity index (χ0) is 7.68. The number of allylic oxidation sites excluding steroid dienone is 1. The second-order valence-electron chi connectivity index (χ2n) is 2.47. The maximum absolute atomic E-state index is 5.67. The predicted molar refractivity (Wildman–Crippen MR) is 44.4 cm³/mol. The van der Waals surface area contributed by atoms with Crippen molar-refractivity contribution < 1.29 is 0 Å². The monoisotopic (exact) mass is 166 g/mol. The first-order valence-corrected chi connectivity index (χ1v) is 3.92. The van der Waals surface area contributed by atoms with E-state index in [1.165, 1.54) is 0 Å². The van der Waals surface area contributed by atoms with Gasteiger partial charge in [-0.05, 0) is 18.9 Å². The summed E-state index contributed by atoms with van der Waals surface area (Å²) in [7, 11) is 0. The van der Waals surface area contributed by atoms with E-state index in [0.717, 1.165) is 24.2 Å². The minimum Gasteiger partial charge on any atom is -0.256 e. The topological polar surface area (TPSA) is 25.8 Å². The van der Waals surface area contributed by atoms with Gasteiger partial charge in [0.2, 0.25) is 0 Å². The molecule has 1 aromatic heterocycles.